The van der Waals surface area contributed by atoms with Gasteiger partial charge in [-0.1, -0.05) is 55.7 Å². The minimum atomic E-state index is -0.677. The number of nitrogens with two attached hydrogens (primary N) is 1. The van der Waals surface area contributed by atoms with Crippen LogP contribution in [0.3, 0.4) is 0 Å². The number of fused-ring (bicyclic) bond motifs is 1. The average Bonchev–Trinajstić information content (AvgIpc) is 2.55. The van der Waals surface area contributed by atoms with Crippen LogP contribution in [0.25, 0.3) is 10.8 Å². The van der Waals surface area contributed by atoms with Gasteiger partial charge in [0.25, 0.3) is 0 Å². The van der Waals surface area contributed by atoms with Crippen LogP contribution in [0.1, 0.15) is 50.6 Å². The number of amides is 1. The highest BCUT2D eigenvalue weighted by Gasteiger charge is 2.35. The molecular weight excluding hydrogens is 272 g/mol. The number of carbonyl (C=O) groups is 1. The van der Waals surface area contributed by atoms with Crippen molar-refractivity contribution in [1.29, 1.82) is 0 Å². The number of benzene rings is 2. The molecule has 22 heavy (non-hydrogen) atoms. The van der Waals surface area contributed by atoms with Crippen LogP contribution >= 0.6 is 0 Å². The van der Waals surface area contributed by atoms with Crippen LogP contribution < -0.4 is 11.1 Å². The molecule has 1 amide bonds. The molecule has 1 aliphatic carbocycles. The largest absolute Gasteiger partial charge is 0.348 e. The molecule has 0 spiro atoms. The second kappa shape index (κ2) is 6.09. The van der Waals surface area contributed by atoms with Gasteiger partial charge in [-0.15, -0.1) is 0 Å². The minimum absolute atomic E-state index is 0.00661. The summed E-state index contributed by atoms with van der Waals surface area (Å²) < 4.78 is 0. The highest BCUT2D eigenvalue weighted by molar-refractivity contribution is 5.87. The van der Waals surface area contributed by atoms with Crippen molar-refractivity contribution in [1.82, 2.24) is 5.32 Å². The second-order valence-electron chi connectivity index (χ2n) is 6.52. The molecule has 116 valence electrons. The van der Waals surface area contributed by atoms with E-state index in [1.807, 2.05) is 19.1 Å². The maximum atomic E-state index is 12.5. The molecule has 1 atom stereocenters. The summed E-state index contributed by atoms with van der Waals surface area (Å²) in [6.07, 6.45) is 4.88. The van der Waals surface area contributed by atoms with Gasteiger partial charge in [-0.2, -0.15) is 0 Å². The first kappa shape index (κ1) is 15.0. The summed E-state index contributed by atoms with van der Waals surface area (Å²) in [5, 5.41) is 5.52. The van der Waals surface area contributed by atoms with Crippen LogP contribution in [-0.4, -0.2) is 11.4 Å². The molecule has 3 heteroatoms. The van der Waals surface area contributed by atoms with Crippen molar-refractivity contribution in [2.45, 2.75) is 50.6 Å². The van der Waals surface area contributed by atoms with Gasteiger partial charge in [0.05, 0.1) is 11.6 Å². The van der Waals surface area contributed by atoms with Gasteiger partial charge < -0.3 is 11.1 Å². The van der Waals surface area contributed by atoms with Crippen molar-refractivity contribution in [3.05, 3.63) is 48.0 Å². The predicted octanol–water partition coefficient (Wildman–Crippen LogP) is 3.68. The van der Waals surface area contributed by atoms with E-state index in [1.54, 1.807) is 0 Å². The molecule has 0 radical (unpaired) electrons. The van der Waals surface area contributed by atoms with Crippen LogP contribution in [0.5, 0.6) is 0 Å². The molecule has 0 saturated heterocycles. The average molecular weight is 296 g/mol. The van der Waals surface area contributed by atoms with E-state index in [0.29, 0.717) is 0 Å². The zero-order chi connectivity index (χ0) is 15.6. The van der Waals surface area contributed by atoms with Gasteiger partial charge in [-0.3, -0.25) is 4.79 Å². The van der Waals surface area contributed by atoms with E-state index in [0.717, 1.165) is 31.2 Å². The van der Waals surface area contributed by atoms with E-state index in [-0.39, 0.29) is 11.9 Å². The molecule has 2 aromatic rings. The summed E-state index contributed by atoms with van der Waals surface area (Å²) in [4.78, 5) is 12.5. The molecule has 1 fully saturated rings. The third kappa shape index (κ3) is 3.00. The van der Waals surface area contributed by atoms with Gasteiger partial charge in [0.2, 0.25) is 5.91 Å². The SMILES string of the molecule is CC(NC(=O)C1(N)CCCCC1)c1ccc2ccccc2c1. The lowest BCUT2D eigenvalue weighted by molar-refractivity contribution is -0.128. The molecule has 0 bridgehead atoms. The van der Waals surface area contributed by atoms with Crippen molar-refractivity contribution in [2.75, 3.05) is 0 Å². The van der Waals surface area contributed by atoms with Gasteiger partial charge in [-0.25, -0.2) is 0 Å². The van der Waals surface area contributed by atoms with E-state index < -0.39 is 5.54 Å². The molecule has 3 N–H and O–H groups in total. The third-order valence-corrected chi connectivity index (χ3v) is 4.82. The maximum absolute atomic E-state index is 12.5. The fourth-order valence-electron chi connectivity index (χ4n) is 3.31. The van der Waals surface area contributed by atoms with Crippen LogP contribution in [0, 0.1) is 0 Å². The number of nitrogens with one attached hydrogen (secondary N) is 1. The third-order valence-electron chi connectivity index (χ3n) is 4.82. The van der Waals surface area contributed by atoms with Crippen molar-refractivity contribution in [3.63, 3.8) is 0 Å². The molecular formula is C19H24N2O. The Kier molecular flexibility index (Phi) is 4.16. The van der Waals surface area contributed by atoms with Crippen LogP contribution in [0.4, 0.5) is 0 Å². The summed E-state index contributed by atoms with van der Waals surface area (Å²) >= 11 is 0. The smallest absolute Gasteiger partial charge is 0.240 e. The summed E-state index contributed by atoms with van der Waals surface area (Å²) in [5.74, 6) is -0.00661. The molecule has 3 nitrogen and oxygen atoms in total. The zero-order valence-corrected chi connectivity index (χ0v) is 13.1. The molecule has 0 aliphatic heterocycles. The zero-order valence-electron chi connectivity index (χ0n) is 13.1. The second-order valence-corrected chi connectivity index (χ2v) is 6.52. The van der Waals surface area contributed by atoms with E-state index >= 15 is 0 Å². The van der Waals surface area contributed by atoms with Gasteiger partial charge in [-0.05, 0) is 42.2 Å². The molecule has 1 aliphatic rings. The van der Waals surface area contributed by atoms with E-state index in [1.165, 1.54) is 17.2 Å². The molecule has 0 aromatic heterocycles. The number of hydrogen-bond donors (Lipinski definition) is 2. The van der Waals surface area contributed by atoms with Crippen molar-refractivity contribution in [2.24, 2.45) is 5.73 Å². The Bertz CT molecular complexity index is 674. The first-order valence-electron chi connectivity index (χ1n) is 8.17. The predicted molar refractivity (Wildman–Crippen MR) is 90.5 cm³/mol. The Morgan fingerprint density at radius 1 is 1.09 bits per heavy atom. The molecule has 1 saturated carbocycles. The van der Waals surface area contributed by atoms with Crippen molar-refractivity contribution < 1.29 is 4.79 Å². The highest BCUT2D eigenvalue weighted by Crippen LogP contribution is 2.27. The molecule has 3 rings (SSSR count). The molecule has 1 unspecified atom stereocenters. The van der Waals surface area contributed by atoms with E-state index in [9.17, 15) is 4.79 Å². The first-order valence-corrected chi connectivity index (χ1v) is 8.17. The van der Waals surface area contributed by atoms with Crippen LogP contribution in [0.2, 0.25) is 0 Å². The van der Waals surface area contributed by atoms with Gasteiger partial charge in [0, 0.05) is 0 Å². The fraction of sp³-hybridized carbons (Fsp3) is 0.421. The Balaban J connectivity index is 1.75. The van der Waals surface area contributed by atoms with Gasteiger partial charge >= 0.3 is 0 Å². The van der Waals surface area contributed by atoms with E-state index in [2.05, 4.69) is 35.6 Å². The Labute approximate surface area is 131 Å². The number of carbonyl (C=O) groups excluding carboxylic acids is 1. The Morgan fingerprint density at radius 2 is 1.77 bits per heavy atom. The topological polar surface area (TPSA) is 55.1 Å². The fourth-order valence-corrected chi connectivity index (χ4v) is 3.31. The monoisotopic (exact) mass is 296 g/mol. The number of hydrogen-bond acceptors (Lipinski definition) is 2. The van der Waals surface area contributed by atoms with Crippen molar-refractivity contribution >= 4 is 16.7 Å². The number of rotatable bonds is 3. The Morgan fingerprint density at radius 3 is 2.50 bits per heavy atom. The van der Waals surface area contributed by atoms with Gasteiger partial charge in [0.1, 0.15) is 0 Å². The quantitative estimate of drug-likeness (QED) is 0.908. The first-order chi connectivity index (χ1) is 10.6. The van der Waals surface area contributed by atoms with Crippen LogP contribution in [0.15, 0.2) is 42.5 Å². The standard InChI is InChI=1S/C19H24N2O/c1-14(21-18(22)19(20)11-5-2-6-12-19)16-10-9-15-7-3-4-8-17(15)13-16/h3-4,7-10,13-14H,2,5-6,11-12,20H2,1H3,(H,21,22). The van der Waals surface area contributed by atoms with E-state index in [4.69, 9.17) is 5.73 Å². The summed E-state index contributed by atoms with van der Waals surface area (Å²) in [5.41, 5.74) is 6.75. The van der Waals surface area contributed by atoms with Crippen LogP contribution in [-0.2, 0) is 4.79 Å². The maximum Gasteiger partial charge on any atom is 0.240 e. The minimum Gasteiger partial charge on any atom is -0.348 e. The summed E-state index contributed by atoms with van der Waals surface area (Å²) in [7, 11) is 0. The Hall–Kier alpha value is -1.87. The molecule has 2 aromatic carbocycles. The normalized spacial score (nSPS) is 18.8. The summed E-state index contributed by atoms with van der Waals surface area (Å²) in [6, 6.07) is 14.6. The lowest BCUT2D eigenvalue weighted by Gasteiger charge is -2.33. The lowest BCUT2D eigenvalue weighted by Crippen LogP contribution is -2.55. The lowest BCUT2D eigenvalue weighted by atomic mass is 9.81. The summed E-state index contributed by atoms with van der Waals surface area (Å²) in [6.45, 7) is 2.02. The highest BCUT2D eigenvalue weighted by atomic mass is 16.2. The van der Waals surface area contributed by atoms with Crippen molar-refractivity contribution in [3.8, 4) is 0 Å². The van der Waals surface area contributed by atoms with Gasteiger partial charge in [0.15, 0.2) is 0 Å². The molecule has 0 heterocycles.